The van der Waals surface area contributed by atoms with E-state index in [1.54, 1.807) is 21.3 Å². The van der Waals surface area contributed by atoms with Crippen LogP contribution in [0, 0.1) is 0 Å². The van der Waals surface area contributed by atoms with E-state index in [1.807, 2.05) is 12.1 Å². The van der Waals surface area contributed by atoms with Gasteiger partial charge in [-0.05, 0) is 25.8 Å². The van der Waals surface area contributed by atoms with Gasteiger partial charge in [0.25, 0.3) is 0 Å². The number of nitrogens with one attached hydrogen (secondary N) is 1. The molecule has 2 rings (SSSR count). The van der Waals surface area contributed by atoms with Gasteiger partial charge < -0.3 is 24.4 Å². The molecule has 5 nitrogen and oxygen atoms in total. The van der Waals surface area contributed by atoms with Crippen molar-refractivity contribution in [1.82, 2.24) is 4.90 Å². The summed E-state index contributed by atoms with van der Waals surface area (Å²) >= 11 is 0. The van der Waals surface area contributed by atoms with Gasteiger partial charge in [0.2, 0.25) is 5.75 Å². The minimum Gasteiger partial charge on any atom is -0.493 e. The van der Waals surface area contributed by atoms with E-state index in [0.717, 1.165) is 31.6 Å². The standard InChI is InChI=1S/C17H28N2O3/c1-5-8-19-9-6-13(7-10-19)18-14-11-15(20-2)17(22-4)16(12-14)21-3/h11-13,18H,5-10H2,1-4H3. The molecule has 1 aromatic rings. The van der Waals surface area contributed by atoms with E-state index in [4.69, 9.17) is 14.2 Å². The summed E-state index contributed by atoms with van der Waals surface area (Å²) in [5.41, 5.74) is 1.02. The fourth-order valence-electron chi connectivity index (χ4n) is 3.02. The van der Waals surface area contributed by atoms with E-state index in [-0.39, 0.29) is 0 Å². The quantitative estimate of drug-likeness (QED) is 0.839. The predicted molar refractivity (Wildman–Crippen MR) is 89.5 cm³/mol. The van der Waals surface area contributed by atoms with E-state index in [0.29, 0.717) is 23.3 Å². The highest BCUT2D eigenvalue weighted by Crippen LogP contribution is 2.40. The second kappa shape index (κ2) is 8.13. The fraction of sp³-hybridized carbons (Fsp3) is 0.647. The molecule has 0 bridgehead atoms. The van der Waals surface area contributed by atoms with Crippen LogP contribution in [0.4, 0.5) is 5.69 Å². The van der Waals surface area contributed by atoms with Crippen LogP contribution in [0.5, 0.6) is 17.2 Å². The third-order valence-electron chi connectivity index (χ3n) is 4.16. The number of methoxy groups -OCH3 is 3. The molecule has 1 N–H and O–H groups in total. The number of likely N-dealkylation sites (tertiary alicyclic amines) is 1. The number of anilines is 1. The van der Waals surface area contributed by atoms with Crippen LogP contribution in [0.15, 0.2) is 12.1 Å². The van der Waals surface area contributed by atoms with Crippen LogP contribution < -0.4 is 19.5 Å². The van der Waals surface area contributed by atoms with Crippen molar-refractivity contribution >= 4 is 5.69 Å². The number of nitrogens with zero attached hydrogens (tertiary/aromatic N) is 1. The summed E-state index contributed by atoms with van der Waals surface area (Å²) in [7, 11) is 4.91. The molecular formula is C17H28N2O3. The fourth-order valence-corrected chi connectivity index (χ4v) is 3.02. The third kappa shape index (κ3) is 3.97. The van der Waals surface area contributed by atoms with Crippen molar-refractivity contribution in [2.45, 2.75) is 32.2 Å². The van der Waals surface area contributed by atoms with Crippen molar-refractivity contribution in [3.05, 3.63) is 12.1 Å². The number of rotatable bonds is 7. The molecule has 1 aromatic carbocycles. The molecule has 5 heteroatoms. The Labute approximate surface area is 133 Å². The molecule has 0 atom stereocenters. The SMILES string of the molecule is CCCN1CCC(Nc2cc(OC)c(OC)c(OC)c2)CC1. The van der Waals surface area contributed by atoms with Gasteiger partial charge in [-0.15, -0.1) is 0 Å². The molecular weight excluding hydrogens is 280 g/mol. The average Bonchev–Trinajstić information content (AvgIpc) is 2.56. The Hall–Kier alpha value is -1.62. The number of piperidine rings is 1. The Balaban J connectivity index is 2.04. The zero-order valence-electron chi connectivity index (χ0n) is 14.1. The second-order valence-electron chi connectivity index (χ2n) is 5.67. The van der Waals surface area contributed by atoms with Crippen LogP contribution in [0.3, 0.4) is 0 Å². The maximum absolute atomic E-state index is 5.40. The van der Waals surface area contributed by atoms with E-state index in [9.17, 15) is 0 Å². The van der Waals surface area contributed by atoms with Crippen molar-refractivity contribution in [2.75, 3.05) is 46.3 Å². The molecule has 0 spiro atoms. The normalized spacial score (nSPS) is 16.4. The molecule has 0 saturated carbocycles. The van der Waals surface area contributed by atoms with Crippen molar-refractivity contribution < 1.29 is 14.2 Å². The molecule has 1 aliphatic heterocycles. The highest BCUT2D eigenvalue weighted by molar-refractivity contribution is 5.62. The maximum Gasteiger partial charge on any atom is 0.203 e. The van der Waals surface area contributed by atoms with Gasteiger partial charge in [0, 0.05) is 37.0 Å². The lowest BCUT2D eigenvalue weighted by molar-refractivity contribution is 0.219. The first kappa shape index (κ1) is 16.7. The molecule has 0 aromatic heterocycles. The van der Waals surface area contributed by atoms with Crippen molar-refractivity contribution in [1.29, 1.82) is 0 Å². The minimum atomic E-state index is 0.496. The van der Waals surface area contributed by atoms with Gasteiger partial charge in [-0.2, -0.15) is 0 Å². The Bertz CT molecular complexity index is 446. The minimum absolute atomic E-state index is 0.496. The van der Waals surface area contributed by atoms with Crippen LogP contribution in [-0.2, 0) is 0 Å². The number of ether oxygens (including phenoxy) is 3. The second-order valence-corrected chi connectivity index (χ2v) is 5.67. The first-order chi connectivity index (χ1) is 10.7. The van der Waals surface area contributed by atoms with Crippen molar-refractivity contribution in [2.24, 2.45) is 0 Å². The summed E-state index contributed by atoms with van der Waals surface area (Å²) in [5.74, 6) is 2.01. The molecule has 124 valence electrons. The Morgan fingerprint density at radius 2 is 1.64 bits per heavy atom. The Morgan fingerprint density at radius 1 is 1.05 bits per heavy atom. The van der Waals surface area contributed by atoms with Crippen LogP contribution in [-0.4, -0.2) is 51.9 Å². The summed E-state index contributed by atoms with van der Waals surface area (Å²) < 4.78 is 16.2. The van der Waals surface area contributed by atoms with Crippen LogP contribution in [0.1, 0.15) is 26.2 Å². The average molecular weight is 308 g/mol. The summed E-state index contributed by atoms with van der Waals surface area (Å²) in [5, 5.41) is 3.60. The summed E-state index contributed by atoms with van der Waals surface area (Å²) in [6.07, 6.45) is 3.55. The molecule has 1 saturated heterocycles. The topological polar surface area (TPSA) is 43.0 Å². The summed E-state index contributed by atoms with van der Waals surface area (Å²) in [6.45, 7) is 5.77. The smallest absolute Gasteiger partial charge is 0.203 e. The molecule has 1 aliphatic rings. The predicted octanol–water partition coefficient (Wildman–Crippen LogP) is 3.00. The van der Waals surface area contributed by atoms with Gasteiger partial charge in [-0.25, -0.2) is 0 Å². The van der Waals surface area contributed by atoms with E-state index >= 15 is 0 Å². The van der Waals surface area contributed by atoms with Gasteiger partial charge in [0.15, 0.2) is 11.5 Å². The molecule has 22 heavy (non-hydrogen) atoms. The number of benzene rings is 1. The van der Waals surface area contributed by atoms with E-state index in [1.165, 1.54) is 13.0 Å². The molecule has 0 amide bonds. The molecule has 0 radical (unpaired) electrons. The van der Waals surface area contributed by atoms with E-state index in [2.05, 4.69) is 17.1 Å². The Morgan fingerprint density at radius 3 is 2.09 bits per heavy atom. The van der Waals surface area contributed by atoms with E-state index < -0.39 is 0 Å². The third-order valence-corrected chi connectivity index (χ3v) is 4.16. The largest absolute Gasteiger partial charge is 0.493 e. The van der Waals surface area contributed by atoms with Crippen LogP contribution >= 0.6 is 0 Å². The zero-order valence-corrected chi connectivity index (χ0v) is 14.1. The molecule has 0 aliphatic carbocycles. The van der Waals surface area contributed by atoms with Crippen molar-refractivity contribution in [3.8, 4) is 17.2 Å². The lowest BCUT2D eigenvalue weighted by atomic mass is 10.0. The highest BCUT2D eigenvalue weighted by Gasteiger charge is 2.20. The van der Waals surface area contributed by atoms with Crippen LogP contribution in [0.25, 0.3) is 0 Å². The molecule has 0 unspecified atom stereocenters. The lowest BCUT2D eigenvalue weighted by Crippen LogP contribution is -2.39. The van der Waals surface area contributed by atoms with Gasteiger partial charge >= 0.3 is 0 Å². The molecule has 1 heterocycles. The van der Waals surface area contributed by atoms with Crippen LogP contribution in [0.2, 0.25) is 0 Å². The summed E-state index contributed by atoms with van der Waals surface area (Å²) in [6, 6.07) is 4.44. The van der Waals surface area contributed by atoms with Crippen molar-refractivity contribution in [3.63, 3.8) is 0 Å². The maximum atomic E-state index is 5.40. The lowest BCUT2D eigenvalue weighted by Gasteiger charge is -2.32. The number of hydrogen-bond donors (Lipinski definition) is 1. The monoisotopic (exact) mass is 308 g/mol. The van der Waals surface area contributed by atoms with Gasteiger partial charge in [-0.1, -0.05) is 6.92 Å². The van der Waals surface area contributed by atoms with Gasteiger partial charge in [-0.3, -0.25) is 0 Å². The van der Waals surface area contributed by atoms with Gasteiger partial charge in [0.1, 0.15) is 0 Å². The number of hydrogen-bond acceptors (Lipinski definition) is 5. The summed E-state index contributed by atoms with van der Waals surface area (Å²) in [4.78, 5) is 2.54. The zero-order chi connectivity index (χ0) is 15.9. The highest BCUT2D eigenvalue weighted by atomic mass is 16.5. The van der Waals surface area contributed by atoms with Gasteiger partial charge in [0.05, 0.1) is 21.3 Å². The Kier molecular flexibility index (Phi) is 6.19. The first-order valence-corrected chi connectivity index (χ1v) is 8.00. The first-order valence-electron chi connectivity index (χ1n) is 8.00. The molecule has 1 fully saturated rings.